The minimum Gasteiger partial charge on any atom is -0.378 e. The molecule has 3 aromatic carbocycles. The van der Waals surface area contributed by atoms with Crippen LogP contribution in [0.5, 0.6) is 0 Å². The van der Waals surface area contributed by atoms with Crippen molar-refractivity contribution in [2.45, 2.75) is 27.2 Å². The maximum atomic E-state index is 2.43. The Balaban J connectivity index is 1.91. The monoisotopic (exact) mass is 425 g/mol. The summed E-state index contributed by atoms with van der Waals surface area (Å²) >= 11 is 0. The lowest BCUT2D eigenvalue weighted by Gasteiger charge is -2.25. The maximum absolute atomic E-state index is 2.43. The van der Waals surface area contributed by atoms with Crippen molar-refractivity contribution in [3.63, 3.8) is 0 Å². The van der Waals surface area contributed by atoms with Crippen LogP contribution in [0, 0.1) is 5.41 Å². The van der Waals surface area contributed by atoms with Crippen molar-refractivity contribution in [3.05, 3.63) is 102 Å². The van der Waals surface area contributed by atoms with E-state index in [2.05, 4.69) is 131 Å². The van der Waals surface area contributed by atoms with Gasteiger partial charge in [0.1, 0.15) is 0 Å². The lowest BCUT2D eigenvalue weighted by molar-refractivity contribution is 0.518. The molecule has 31 heavy (non-hydrogen) atoms. The predicted molar refractivity (Wildman–Crippen MR) is 140 cm³/mol. The molecule has 1 nitrogen and oxygen atoms in total. The van der Waals surface area contributed by atoms with Crippen LogP contribution in [0.2, 0.25) is 0 Å². The molecule has 0 heterocycles. The van der Waals surface area contributed by atoms with Crippen molar-refractivity contribution in [2.75, 3.05) is 19.0 Å². The minimum absolute atomic E-state index is 0.176. The molecule has 158 valence electrons. The number of anilines is 1. The fourth-order valence-corrected chi connectivity index (χ4v) is 6.59. The van der Waals surface area contributed by atoms with E-state index in [1.165, 1.54) is 38.3 Å². The van der Waals surface area contributed by atoms with E-state index in [4.69, 9.17) is 0 Å². The van der Waals surface area contributed by atoms with Gasteiger partial charge in [0, 0.05) is 19.8 Å². The van der Waals surface area contributed by atoms with E-state index >= 15 is 0 Å². The molecule has 0 bridgehead atoms. The molecule has 0 atom stereocenters. The molecule has 0 spiro atoms. The molecule has 0 fully saturated rings. The van der Waals surface area contributed by atoms with Gasteiger partial charge in [0.05, 0.1) is 0 Å². The summed E-state index contributed by atoms with van der Waals surface area (Å²) in [6.07, 6.45) is 5.84. The van der Waals surface area contributed by atoms with E-state index < -0.39 is 7.92 Å². The highest BCUT2D eigenvalue weighted by atomic mass is 31.1. The first-order valence-corrected chi connectivity index (χ1v) is 12.3. The molecule has 2 heteroatoms. The highest BCUT2D eigenvalue weighted by Gasteiger charge is 2.25. The van der Waals surface area contributed by atoms with Crippen LogP contribution < -0.4 is 20.8 Å². The fraction of sp³-hybridized carbons (Fsp3) is 0.241. The van der Waals surface area contributed by atoms with Gasteiger partial charge < -0.3 is 4.90 Å². The Hall–Kier alpha value is -2.63. The number of hydrogen-bond acceptors (Lipinski definition) is 1. The molecular formula is C29H32NP. The van der Waals surface area contributed by atoms with Crippen molar-refractivity contribution in [2.24, 2.45) is 5.41 Å². The largest absolute Gasteiger partial charge is 0.378 e. The lowest BCUT2D eigenvalue weighted by Crippen LogP contribution is -2.24. The Kier molecular flexibility index (Phi) is 6.17. The number of benzene rings is 3. The average molecular weight is 426 g/mol. The van der Waals surface area contributed by atoms with Gasteiger partial charge in [-0.15, -0.1) is 0 Å². The predicted octanol–water partition coefficient (Wildman–Crippen LogP) is 6.27. The summed E-state index contributed by atoms with van der Waals surface area (Å²) in [6.45, 7) is 6.90. The third kappa shape index (κ3) is 4.68. The molecule has 0 amide bonds. The smallest absolute Gasteiger partial charge is 0.0368 e. The number of nitrogens with zero attached hydrogens (tertiary/aromatic N) is 1. The van der Waals surface area contributed by atoms with Crippen molar-refractivity contribution >= 4 is 35.1 Å². The number of allylic oxidation sites excluding steroid dienone is 4. The highest BCUT2D eigenvalue weighted by molar-refractivity contribution is 7.80. The highest BCUT2D eigenvalue weighted by Crippen LogP contribution is 2.41. The minimum atomic E-state index is -0.657. The van der Waals surface area contributed by atoms with Crippen LogP contribution in [0.25, 0.3) is 5.57 Å². The van der Waals surface area contributed by atoms with Crippen LogP contribution in [-0.2, 0) is 0 Å². The average Bonchev–Trinajstić information content (AvgIpc) is 3.26. The molecule has 0 N–H and O–H groups in total. The van der Waals surface area contributed by atoms with Crippen molar-refractivity contribution in [3.8, 4) is 0 Å². The van der Waals surface area contributed by atoms with Crippen molar-refractivity contribution in [1.82, 2.24) is 0 Å². The molecular weight excluding hydrogens is 393 g/mol. The Labute approximate surface area is 188 Å². The summed E-state index contributed by atoms with van der Waals surface area (Å²) in [5, 5.41) is 4.22. The third-order valence-corrected chi connectivity index (χ3v) is 8.33. The molecule has 1 aliphatic rings. The SMILES string of the molecule is CN(C)c1ccc(C2=CC(C(C)(C)C)=CC2)c(P(c2ccccc2)c2ccccc2)c1. The molecule has 0 aromatic heterocycles. The van der Waals surface area contributed by atoms with E-state index in [1.807, 2.05) is 0 Å². The maximum Gasteiger partial charge on any atom is 0.0368 e. The van der Waals surface area contributed by atoms with E-state index in [0.717, 1.165) is 6.42 Å². The van der Waals surface area contributed by atoms with Gasteiger partial charge in [-0.3, -0.25) is 0 Å². The number of rotatable bonds is 5. The second-order valence-electron chi connectivity index (χ2n) is 9.39. The second kappa shape index (κ2) is 8.85. The van der Waals surface area contributed by atoms with Crippen LogP contribution in [0.15, 0.2) is 96.6 Å². The lowest BCUT2D eigenvalue weighted by atomic mass is 9.87. The Bertz CT molecular complexity index is 1060. The molecule has 0 saturated carbocycles. The molecule has 0 unspecified atom stereocenters. The summed E-state index contributed by atoms with van der Waals surface area (Å²) in [7, 11) is 3.59. The van der Waals surface area contributed by atoms with Gasteiger partial charge in [-0.05, 0) is 64.5 Å². The van der Waals surface area contributed by atoms with Crippen LogP contribution in [0.4, 0.5) is 5.69 Å². The first-order valence-electron chi connectivity index (χ1n) is 11.0. The molecule has 4 rings (SSSR count). The van der Waals surface area contributed by atoms with E-state index in [0.29, 0.717) is 0 Å². The van der Waals surface area contributed by atoms with Gasteiger partial charge in [-0.1, -0.05) is 99.7 Å². The van der Waals surface area contributed by atoms with Gasteiger partial charge in [-0.2, -0.15) is 0 Å². The Morgan fingerprint density at radius 1 is 0.774 bits per heavy atom. The standard InChI is InChI=1S/C29H32NP/c1-29(2,3)23-17-16-22(20-23)27-19-18-24(30(4)5)21-28(27)31(25-12-8-6-9-13-25)26-14-10-7-11-15-26/h6-15,17-21H,16H2,1-5H3. The summed E-state index contributed by atoms with van der Waals surface area (Å²) in [5.74, 6) is 0. The van der Waals surface area contributed by atoms with E-state index in [-0.39, 0.29) is 5.41 Å². The molecule has 0 saturated heterocycles. The quantitative estimate of drug-likeness (QED) is 0.436. The van der Waals surface area contributed by atoms with Crippen LogP contribution in [0.1, 0.15) is 32.8 Å². The second-order valence-corrected chi connectivity index (χ2v) is 11.6. The zero-order chi connectivity index (χ0) is 22.0. The van der Waals surface area contributed by atoms with Gasteiger partial charge in [-0.25, -0.2) is 0 Å². The Morgan fingerprint density at radius 3 is 1.84 bits per heavy atom. The normalized spacial score (nSPS) is 13.9. The van der Waals surface area contributed by atoms with Crippen molar-refractivity contribution in [1.29, 1.82) is 0 Å². The summed E-state index contributed by atoms with van der Waals surface area (Å²) in [4.78, 5) is 2.21. The molecule has 3 aromatic rings. The van der Waals surface area contributed by atoms with Gasteiger partial charge in [0.2, 0.25) is 0 Å². The van der Waals surface area contributed by atoms with Gasteiger partial charge in [0.15, 0.2) is 0 Å². The van der Waals surface area contributed by atoms with Crippen LogP contribution in [-0.4, -0.2) is 14.1 Å². The third-order valence-electron chi connectivity index (χ3n) is 5.85. The topological polar surface area (TPSA) is 3.24 Å². The van der Waals surface area contributed by atoms with Crippen molar-refractivity contribution < 1.29 is 0 Å². The molecule has 0 aliphatic heterocycles. The van der Waals surface area contributed by atoms with Gasteiger partial charge >= 0.3 is 0 Å². The molecule has 1 aliphatic carbocycles. The van der Waals surface area contributed by atoms with E-state index in [9.17, 15) is 0 Å². The van der Waals surface area contributed by atoms with Gasteiger partial charge in [0.25, 0.3) is 0 Å². The van der Waals surface area contributed by atoms with Crippen LogP contribution in [0.3, 0.4) is 0 Å². The summed E-state index contributed by atoms with van der Waals surface area (Å²) in [5.41, 5.74) is 5.69. The molecule has 0 radical (unpaired) electrons. The first-order chi connectivity index (χ1) is 14.8. The number of hydrogen-bond donors (Lipinski definition) is 0. The fourth-order valence-electron chi connectivity index (χ4n) is 4.07. The summed E-state index contributed by atoms with van der Waals surface area (Å²) in [6, 6.07) is 29.0. The Morgan fingerprint density at radius 2 is 1.35 bits per heavy atom. The van der Waals surface area contributed by atoms with Crippen LogP contribution >= 0.6 is 7.92 Å². The zero-order valence-corrected chi connectivity index (χ0v) is 20.2. The zero-order valence-electron chi connectivity index (χ0n) is 19.3. The van der Waals surface area contributed by atoms with E-state index in [1.54, 1.807) is 0 Å². The summed E-state index contributed by atoms with van der Waals surface area (Å²) < 4.78 is 0. The first kappa shape index (κ1) is 21.6.